The number of methoxy groups -OCH3 is 2. The molecule has 2 aromatic heterocycles. The number of pyridine rings is 1. The lowest BCUT2D eigenvalue weighted by Crippen LogP contribution is -2.32. The molecule has 0 spiro atoms. The Morgan fingerprint density at radius 3 is 2.65 bits per heavy atom. The average Bonchev–Trinajstić information content (AvgIpc) is 3.23. The lowest BCUT2D eigenvalue weighted by atomic mass is 9.89. The van der Waals surface area contributed by atoms with E-state index in [4.69, 9.17) is 14.2 Å². The second kappa shape index (κ2) is 10.9. The fraction of sp³-hybridized carbons (Fsp3) is 0.462. The maximum Gasteiger partial charge on any atom is 0.339 e. The molecule has 1 aliphatic rings. The van der Waals surface area contributed by atoms with Crippen molar-refractivity contribution in [1.82, 2.24) is 14.5 Å². The van der Waals surface area contributed by atoms with Crippen LogP contribution in [0.3, 0.4) is 0 Å². The topological polar surface area (TPSA) is 86.1 Å². The summed E-state index contributed by atoms with van der Waals surface area (Å²) in [6.45, 7) is 6.57. The number of carboxylic acids is 1. The van der Waals surface area contributed by atoms with Crippen molar-refractivity contribution >= 4 is 17.0 Å². The molecule has 1 fully saturated rings. The van der Waals surface area contributed by atoms with E-state index in [9.17, 15) is 9.90 Å². The van der Waals surface area contributed by atoms with Crippen LogP contribution < -0.4 is 9.47 Å². The van der Waals surface area contributed by atoms with Gasteiger partial charge in [-0.3, -0.25) is 4.90 Å². The van der Waals surface area contributed by atoms with Crippen LogP contribution in [0.4, 0.5) is 0 Å². The van der Waals surface area contributed by atoms with Gasteiger partial charge in [-0.15, -0.1) is 0 Å². The molecule has 0 saturated carbocycles. The van der Waals surface area contributed by atoms with E-state index >= 15 is 0 Å². The number of nitrogens with zero attached hydrogens (tertiary/aromatic N) is 3. The van der Waals surface area contributed by atoms with Crippen LogP contribution in [0.1, 0.15) is 47.2 Å². The number of likely N-dealkylation sites (tertiary alicyclic amines) is 1. The van der Waals surface area contributed by atoms with Gasteiger partial charge < -0.3 is 23.9 Å². The minimum Gasteiger partial charge on any atom is -0.496 e. The molecule has 0 atom stereocenters. The molecule has 1 aromatic carbocycles. The third-order valence-electron chi connectivity index (χ3n) is 6.63. The Bertz CT molecular complexity index is 1130. The number of carbonyl (C=O) groups is 1. The van der Waals surface area contributed by atoms with E-state index in [1.54, 1.807) is 13.2 Å². The first-order chi connectivity index (χ1) is 16.6. The second-order valence-corrected chi connectivity index (χ2v) is 8.53. The van der Waals surface area contributed by atoms with E-state index in [1.807, 2.05) is 19.2 Å². The molecule has 34 heavy (non-hydrogen) atoms. The highest BCUT2D eigenvalue weighted by Gasteiger charge is 2.27. The smallest absolute Gasteiger partial charge is 0.339 e. The molecule has 0 amide bonds. The quantitative estimate of drug-likeness (QED) is 0.448. The molecule has 0 aliphatic carbocycles. The van der Waals surface area contributed by atoms with Gasteiger partial charge in [0, 0.05) is 37.5 Å². The summed E-state index contributed by atoms with van der Waals surface area (Å²) in [5.41, 5.74) is 3.29. The Balaban J connectivity index is 1.50. The van der Waals surface area contributed by atoms with Gasteiger partial charge in [0.1, 0.15) is 22.7 Å². The van der Waals surface area contributed by atoms with Gasteiger partial charge in [0.25, 0.3) is 0 Å². The lowest BCUT2D eigenvalue weighted by Gasteiger charge is -2.32. The van der Waals surface area contributed by atoms with E-state index in [-0.39, 0.29) is 5.56 Å². The van der Waals surface area contributed by atoms with Crippen LogP contribution in [0.5, 0.6) is 11.5 Å². The molecule has 1 aliphatic heterocycles. The zero-order valence-electron chi connectivity index (χ0n) is 20.1. The van der Waals surface area contributed by atoms with Crippen molar-refractivity contribution < 1.29 is 24.1 Å². The maximum absolute atomic E-state index is 11.7. The van der Waals surface area contributed by atoms with Gasteiger partial charge in [0.2, 0.25) is 0 Å². The molecule has 0 radical (unpaired) electrons. The average molecular weight is 468 g/mol. The fourth-order valence-electron chi connectivity index (χ4n) is 4.93. The summed E-state index contributed by atoms with van der Waals surface area (Å²) >= 11 is 0. The minimum absolute atomic E-state index is 0.153. The van der Waals surface area contributed by atoms with Gasteiger partial charge in [-0.05, 0) is 68.6 Å². The van der Waals surface area contributed by atoms with Crippen LogP contribution in [0, 0.1) is 0 Å². The van der Waals surface area contributed by atoms with Crippen LogP contribution >= 0.6 is 0 Å². The van der Waals surface area contributed by atoms with E-state index in [2.05, 4.69) is 26.7 Å². The minimum atomic E-state index is -1.01. The lowest BCUT2D eigenvalue weighted by molar-refractivity contribution is 0.0692. The molecule has 1 saturated heterocycles. The molecule has 8 nitrogen and oxygen atoms in total. The second-order valence-electron chi connectivity index (χ2n) is 8.53. The predicted octanol–water partition coefficient (Wildman–Crippen LogP) is 4.17. The highest BCUT2D eigenvalue weighted by Crippen LogP contribution is 2.37. The SMILES string of the molecule is CCOCCn1cc(C2CCN(Cc3c(OC)ccc(C(=O)O)c3OC)CC2)c2cccnc21. The van der Waals surface area contributed by atoms with Crippen molar-refractivity contribution in [2.24, 2.45) is 0 Å². The van der Waals surface area contributed by atoms with E-state index in [0.29, 0.717) is 37.2 Å². The number of hydrogen-bond donors (Lipinski definition) is 1. The molecule has 3 aromatic rings. The van der Waals surface area contributed by atoms with Crippen molar-refractivity contribution in [3.8, 4) is 11.5 Å². The Morgan fingerprint density at radius 1 is 1.18 bits per heavy atom. The molecule has 0 unspecified atom stereocenters. The van der Waals surface area contributed by atoms with Gasteiger partial charge in [-0.2, -0.15) is 0 Å². The summed E-state index contributed by atoms with van der Waals surface area (Å²) in [5, 5.41) is 10.8. The molecule has 0 bridgehead atoms. The van der Waals surface area contributed by atoms with Crippen molar-refractivity contribution in [1.29, 1.82) is 0 Å². The van der Waals surface area contributed by atoms with Gasteiger partial charge in [-0.1, -0.05) is 0 Å². The predicted molar refractivity (Wildman–Crippen MR) is 130 cm³/mol. The highest BCUT2D eigenvalue weighted by molar-refractivity contribution is 5.92. The summed E-state index contributed by atoms with van der Waals surface area (Å²) in [5.74, 6) is 0.462. The van der Waals surface area contributed by atoms with Crippen molar-refractivity contribution in [2.45, 2.75) is 38.8 Å². The zero-order valence-corrected chi connectivity index (χ0v) is 20.1. The number of piperidine rings is 1. The zero-order chi connectivity index (χ0) is 24.1. The number of carboxylic acid groups (broad SMARTS) is 1. The molecular weight excluding hydrogens is 434 g/mol. The van der Waals surface area contributed by atoms with Gasteiger partial charge >= 0.3 is 5.97 Å². The molecule has 3 heterocycles. The van der Waals surface area contributed by atoms with E-state index < -0.39 is 5.97 Å². The number of benzene rings is 1. The normalized spacial score (nSPS) is 15.0. The van der Waals surface area contributed by atoms with Crippen LogP contribution in [0.2, 0.25) is 0 Å². The Hall–Kier alpha value is -3.10. The summed E-state index contributed by atoms with van der Waals surface area (Å²) in [4.78, 5) is 18.6. The number of aromatic carboxylic acids is 1. The summed E-state index contributed by atoms with van der Waals surface area (Å²) in [6.07, 6.45) is 6.13. The van der Waals surface area contributed by atoms with Crippen LogP contribution in [0.15, 0.2) is 36.7 Å². The maximum atomic E-state index is 11.7. The van der Waals surface area contributed by atoms with Crippen molar-refractivity contribution in [2.75, 3.05) is 40.5 Å². The number of fused-ring (bicyclic) bond motifs is 1. The van der Waals surface area contributed by atoms with E-state index in [0.717, 1.165) is 43.7 Å². The monoisotopic (exact) mass is 467 g/mol. The third kappa shape index (κ3) is 4.88. The van der Waals surface area contributed by atoms with Gasteiger partial charge in [0.15, 0.2) is 0 Å². The first kappa shape index (κ1) is 24.0. The standard InChI is InChI=1S/C26H33N3O5/c1-4-34-15-14-29-17-21(19-6-5-11-27-25(19)29)18-9-12-28(13-10-18)16-22-23(32-2)8-7-20(26(30)31)24(22)33-3/h5-8,11,17-18H,4,9-10,12-16H2,1-3H3,(H,30,31). The Labute approximate surface area is 200 Å². The molecule has 182 valence electrons. The Kier molecular flexibility index (Phi) is 7.70. The molecular formula is C26H33N3O5. The number of ether oxygens (including phenoxy) is 3. The molecule has 4 rings (SSSR count). The van der Waals surface area contributed by atoms with Gasteiger partial charge in [0.05, 0.1) is 26.4 Å². The largest absolute Gasteiger partial charge is 0.496 e. The summed E-state index contributed by atoms with van der Waals surface area (Å²) in [6, 6.07) is 7.40. The number of aromatic nitrogens is 2. The van der Waals surface area contributed by atoms with Crippen molar-refractivity contribution in [3.05, 3.63) is 53.3 Å². The third-order valence-corrected chi connectivity index (χ3v) is 6.63. The highest BCUT2D eigenvalue weighted by atomic mass is 16.5. The fourth-order valence-corrected chi connectivity index (χ4v) is 4.93. The number of rotatable bonds is 10. The Morgan fingerprint density at radius 2 is 1.97 bits per heavy atom. The van der Waals surface area contributed by atoms with E-state index in [1.165, 1.54) is 24.1 Å². The molecule has 8 heteroatoms. The van der Waals surface area contributed by atoms with Crippen LogP contribution in [-0.2, 0) is 17.8 Å². The van der Waals surface area contributed by atoms with Crippen molar-refractivity contribution in [3.63, 3.8) is 0 Å². The summed E-state index contributed by atoms with van der Waals surface area (Å²) < 4.78 is 18.8. The number of hydrogen-bond acceptors (Lipinski definition) is 6. The van der Waals surface area contributed by atoms with Crippen LogP contribution in [0.25, 0.3) is 11.0 Å². The first-order valence-corrected chi connectivity index (χ1v) is 11.8. The molecule has 1 N–H and O–H groups in total. The van der Waals surface area contributed by atoms with Crippen LogP contribution in [-0.4, -0.2) is 66.0 Å². The first-order valence-electron chi connectivity index (χ1n) is 11.8. The van der Waals surface area contributed by atoms with Gasteiger partial charge in [-0.25, -0.2) is 9.78 Å². The summed E-state index contributed by atoms with van der Waals surface area (Å²) in [7, 11) is 3.10.